The molecule has 2 heterocycles. The number of carbonyl (C=O) groups is 1. The summed E-state index contributed by atoms with van der Waals surface area (Å²) in [6.45, 7) is 0.534. The van der Waals surface area contributed by atoms with Gasteiger partial charge in [0.05, 0.1) is 22.2 Å². The molecule has 1 amide bonds. The number of amides is 1. The number of hydrogen-bond donors (Lipinski definition) is 1. The van der Waals surface area contributed by atoms with Gasteiger partial charge in [-0.05, 0) is 40.9 Å². The second kappa shape index (κ2) is 6.95. The van der Waals surface area contributed by atoms with Gasteiger partial charge in [-0.2, -0.15) is 13.2 Å². The number of piperidine rings is 1. The highest BCUT2D eigenvalue weighted by molar-refractivity contribution is 9.10. The molecule has 0 radical (unpaired) electrons. The summed E-state index contributed by atoms with van der Waals surface area (Å²) in [6.07, 6.45) is -4.02. The Bertz CT molecular complexity index is 935. The molecule has 2 unspecified atom stereocenters. The van der Waals surface area contributed by atoms with E-state index in [1.54, 1.807) is 30.3 Å². The Hall–Kier alpha value is -2.29. The van der Waals surface area contributed by atoms with Crippen LogP contribution in [0.4, 0.5) is 23.2 Å². The fraction of sp³-hybridized carbons (Fsp3) is 0.316. The van der Waals surface area contributed by atoms with Crippen LogP contribution in [-0.4, -0.2) is 24.7 Å². The first-order valence-electron chi connectivity index (χ1n) is 8.66. The summed E-state index contributed by atoms with van der Waals surface area (Å²) in [7, 11) is 0. The number of hydrogen-bond acceptors (Lipinski definition) is 3. The fourth-order valence-corrected chi connectivity index (χ4v) is 4.14. The summed E-state index contributed by atoms with van der Waals surface area (Å²) in [6, 6.07) is 8.37. The average Bonchev–Trinajstić information content (AvgIpc) is 2.77. The maximum atomic E-state index is 14.1. The molecule has 4 rings (SSSR count). The summed E-state index contributed by atoms with van der Waals surface area (Å²) < 4.78 is 58.8. The highest BCUT2D eigenvalue weighted by atomic mass is 79.9. The number of benzene rings is 2. The first-order valence-corrected chi connectivity index (χ1v) is 9.45. The Kier molecular flexibility index (Phi) is 4.73. The van der Waals surface area contributed by atoms with Gasteiger partial charge in [0, 0.05) is 18.2 Å². The fourth-order valence-electron chi connectivity index (χ4n) is 3.81. The average molecular weight is 459 g/mol. The summed E-state index contributed by atoms with van der Waals surface area (Å²) in [5.41, 5.74) is 1.20. The van der Waals surface area contributed by atoms with Gasteiger partial charge in [0.2, 0.25) is 0 Å². The van der Waals surface area contributed by atoms with E-state index in [2.05, 4.69) is 21.2 Å². The number of nitrogens with zero attached hydrogens (tertiary/aromatic N) is 1. The van der Waals surface area contributed by atoms with Crippen LogP contribution in [0.25, 0.3) is 0 Å². The van der Waals surface area contributed by atoms with Crippen LogP contribution in [0.5, 0.6) is 11.5 Å². The van der Waals surface area contributed by atoms with Crippen LogP contribution < -0.4 is 15.0 Å². The largest absolute Gasteiger partial charge is 0.471 e. The molecule has 0 aliphatic carbocycles. The van der Waals surface area contributed by atoms with E-state index in [0.717, 1.165) is 0 Å². The molecule has 1 N–H and O–H groups in total. The molecule has 0 spiro atoms. The quantitative estimate of drug-likeness (QED) is 0.605. The van der Waals surface area contributed by atoms with Gasteiger partial charge in [0.15, 0.2) is 5.75 Å². The summed E-state index contributed by atoms with van der Waals surface area (Å²) >= 11 is 3.16. The lowest BCUT2D eigenvalue weighted by atomic mass is 9.89. The zero-order valence-corrected chi connectivity index (χ0v) is 16.0. The van der Waals surface area contributed by atoms with Crippen molar-refractivity contribution in [1.29, 1.82) is 0 Å². The van der Waals surface area contributed by atoms with Crippen LogP contribution in [0.1, 0.15) is 24.4 Å². The zero-order chi connectivity index (χ0) is 20.1. The predicted octanol–water partition coefficient (Wildman–Crippen LogP) is 5.08. The van der Waals surface area contributed by atoms with Crippen LogP contribution in [0.15, 0.2) is 40.9 Å². The van der Waals surface area contributed by atoms with Crippen molar-refractivity contribution in [3.05, 3.63) is 52.3 Å². The molecule has 2 aromatic rings. The van der Waals surface area contributed by atoms with E-state index in [4.69, 9.17) is 4.74 Å². The predicted molar refractivity (Wildman–Crippen MR) is 97.9 cm³/mol. The van der Waals surface area contributed by atoms with E-state index in [1.807, 2.05) is 4.90 Å². The van der Waals surface area contributed by atoms with Crippen molar-refractivity contribution < 1.29 is 27.1 Å². The third-order valence-corrected chi connectivity index (χ3v) is 5.58. The lowest BCUT2D eigenvalue weighted by Gasteiger charge is -2.42. The molecule has 0 aromatic heterocycles. The van der Waals surface area contributed by atoms with Crippen LogP contribution >= 0.6 is 15.9 Å². The van der Waals surface area contributed by atoms with Gasteiger partial charge < -0.3 is 15.0 Å². The number of halogens is 5. The third-order valence-electron chi connectivity index (χ3n) is 4.97. The number of rotatable bonds is 1. The van der Waals surface area contributed by atoms with Gasteiger partial charge in [-0.3, -0.25) is 4.79 Å². The Balaban J connectivity index is 1.83. The molecule has 28 heavy (non-hydrogen) atoms. The molecular weight excluding hydrogens is 444 g/mol. The number of nitrogens with one attached hydrogen (secondary N) is 1. The van der Waals surface area contributed by atoms with Crippen molar-refractivity contribution >= 4 is 27.5 Å². The number of para-hydroxylation sites is 1. The lowest BCUT2D eigenvalue weighted by Crippen LogP contribution is -2.52. The van der Waals surface area contributed by atoms with E-state index in [1.165, 1.54) is 6.07 Å². The molecule has 9 heteroatoms. The summed E-state index contributed by atoms with van der Waals surface area (Å²) in [5.74, 6) is -1.78. The maximum absolute atomic E-state index is 14.1. The van der Waals surface area contributed by atoms with E-state index < -0.39 is 30.0 Å². The first kappa shape index (κ1) is 19.0. The highest BCUT2D eigenvalue weighted by Gasteiger charge is 2.44. The van der Waals surface area contributed by atoms with Gasteiger partial charge in [0.1, 0.15) is 11.6 Å². The lowest BCUT2D eigenvalue weighted by molar-refractivity contribution is -0.174. The molecule has 2 aliphatic rings. The molecule has 2 atom stereocenters. The number of carbonyl (C=O) groups excluding carboxylic acids is 1. The van der Waals surface area contributed by atoms with Gasteiger partial charge >= 0.3 is 12.1 Å². The van der Waals surface area contributed by atoms with Crippen LogP contribution in [0.3, 0.4) is 0 Å². The number of anilines is 1. The van der Waals surface area contributed by atoms with Crippen molar-refractivity contribution in [3.8, 4) is 11.5 Å². The molecule has 1 fully saturated rings. The van der Waals surface area contributed by atoms with E-state index >= 15 is 0 Å². The molecular formula is C19H15BrF4N2O2. The van der Waals surface area contributed by atoms with Gasteiger partial charge in [-0.25, -0.2) is 4.39 Å². The van der Waals surface area contributed by atoms with Crippen molar-refractivity contribution in [2.45, 2.75) is 31.1 Å². The van der Waals surface area contributed by atoms with E-state index in [0.29, 0.717) is 36.4 Å². The van der Waals surface area contributed by atoms with Gasteiger partial charge in [0.25, 0.3) is 0 Å². The Labute approximate surface area is 166 Å². The summed E-state index contributed by atoms with van der Waals surface area (Å²) in [5, 5.41) is 2.14. The van der Waals surface area contributed by atoms with Crippen molar-refractivity contribution in [2.75, 3.05) is 11.4 Å². The Morgan fingerprint density at radius 2 is 1.96 bits per heavy atom. The second-order valence-corrected chi connectivity index (χ2v) is 7.59. The number of fused-ring (bicyclic) bond motifs is 5. The smallest absolute Gasteiger partial charge is 0.455 e. The van der Waals surface area contributed by atoms with Crippen molar-refractivity contribution in [1.82, 2.24) is 5.32 Å². The molecule has 1 saturated heterocycles. The Morgan fingerprint density at radius 1 is 1.21 bits per heavy atom. The Morgan fingerprint density at radius 3 is 2.71 bits per heavy atom. The number of alkyl halides is 3. The minimum atomic E-state index is -4.97. The number of ether oxygens (including phenoxy) is 1. The van der Waals surface area contributed by atoms with Crippen molar-refractivity contribution in [2.24, 2.45) is 0 Å². The maximum Gasteiger partial charge on any atom is 0.471 e. The monoisotopic (exact) mass is 458 g/mol. The van der Waals surface area contributed by atoms with Crippen LogP contribution in [0.2, 0.25) is 0 Å². The highest BCUT2D eigenvalue weighted by Crippen LogP contribution is 2.48. The van der Waals surface area contributed by atoms with Crippen LogP contribution in [-0.2, 0) is 4.79 Å². The van der Waals surface area contributed by atoms with Gasteiger partial charge in [-0.1, -0.05) is 18.2 Å². The summed E-state index contributed by atoms with van der Waals surface area (Å²) in [4.78, 5) is 13.5. The zero-order valence-electron chi connectivity index (χ0n) is 14.4. The second-order valence-electron chi connectivity index (χ2n) is 6.73. The normalized spacial score (nSPS) is 21.0. The third kappa shape index (κ3) is 3.32. The molecule has 4 nitrogen and oxygen atoms in total. The molecule has 2 aromatic carbocycles. The SMILES string of the molecule is O=C(NC1CCCN2c3cc(Br)c(F)cc3Oc3ccccc3C12)C(F)(F)F. The first-order chi connectivity index (χ1) is 13.3. The standard InChI is InChI=1S/C19H15BrF4N2O2/c20-11-8-14-16(9-12(11)21)28-15-6-2-1-4-10(15)17-13(5-3-7-26(14)17)25-18(27)19(22,23)24/h1-2,4,6,8-9,13,17H,3,5,7H2,(H,25,27). The minimum Gasteiger partial charge on any atom is -0.455 e. The van der Waals surface area contributed by atoms with Gasteiger partial charge in [-0.15, -0.1) is 0 Å². The molecule has 2 aliphatic heterocycles. The van der Waals surface area contributed by atoms with Crippen molar-refractivity contribution in [3.63, 3.8) is 0 Å². The minimum absolute atomic E-state index is 0.223. The van der Waals surface area contributed by atoms with Crippen LogP contribution in [0, 0.1) is 5.82 Å². The van der Waals surface area contributed by atoms with E-state index in [-0.39, 0.29) is 10.2 Å². The molecule has 0 bridgehead atoms. The molecule has 0 saturated carbocycles. The van der Waals surface area contributed by atoms with E-state index in [9.17, 15) is 22.4 Å². The molecule has 148 valence electrons. The topological polar surface area (TPSA) is 41.6 Å².